The molecule has 0 fully saturated rings. The molecule has 31 heavy (non-hydrogen) atoms. The third-order valence-corrected chi connectivity index (χ3v) is 5.30. The van der Waals surface area contributed by atoms with E-state index in [1.807, 2.05) is 29.6 Å². The highest BCUT2D eigenvalue weighted by molar-refractivity contribution is 7.12. The van der Waals surface area contributed by atoms with Crippen molar-refractivity contribution in [3.8, 4) is 11.5 Å². The van der Waals surface area contributed by atoms with Gasteiger partial charge in [-0.2, -0.15) is 0 Å². The third kappa shape index (κ3) is 7.11. The molecule has 2 heterocycles. The van der Waals surface area contributed by atoms with Crippen molar-refractivity contribution in [2.24, 2.45) is 0 Å². The van der Waals surface area contributed by atoms with Crippen LogP contribution in [0.2, 0.25) is 0 Å². The van der Waals surface area contributed by atoms with E-state index in [1.54, 1.807) is 30.6 Å². The van der Waals surface area contributed by atoms with Crippen LogP contribution in [0, 0.1) is 0 Å². The van der Waals surface area contributed by atoms with Gasteiger partial charge in [0.05, 0.1) is 18.5 Å². The lowest BCUT2D eigenvalue weighted by atomic mass is 10.2. The van der Waals surface area contributed by atoms with Crippen LogP contribution in [-0.2, 0) is 11.4 Å². The van der Waals surface area contributed by atoms with Gasteiger partial charge in [0, 0.05) is 18.2 Å². The number of para-hydroxylation sites is 1. The van der Waals surface area contributed by atoms with E-state index in [2.05, 4.69) is 10.3 Å². The van der Waals surface area contributed by atoms with Crippen molar-refractivity contribution in [3.63, 3.8) is 0 Å². The van der Waals surface area contributed by atoms with Crippen molar-refractivity contribution in [2.75, 3.05) is 11.9 Å². The smallest absolute Gasteiger partial charge is 0.303 e. The van der Waals surface area contributed by atoms with E-state index in [9.17, 15) is 9.59 Å². The molecule has 0 aliphatic heterocycles. The summed E-state index contributed by atoms with van der Waals surface area (Å²) in [5, 5.41) is 13.3. The fourth-order valence-electron chi connectivity index (χ4n) is 2.86. The van der Waals surface area contributed by atoms with Gasteiger partial charge in [0.25, 0.3) is 5.91 Å². The number of hydrogen-bond donors (Lipinski definition) is 2. The number of carbonyl (C=O) groups is 2. The van der Waals surface area contributed by atoms with Crippen LogP contribution in [0.5, 0.6) is 11.5 Å². The number of hydrogen-bond acceptors (Lipinski definition) is 6. The van der Waals surface area contributed by atoms with Crippen LogP contribution >= 0.6 is 11.3 Å². The van der Waals surface area contributed by atoms with E-state index in [0.29, 0.717) is 29.3 Å². The standard InChI is InChI=1S/C23H24N2O5S/c26-21(27)10-2-1-5-13-29-19-9-4-3-7-17(19)16-30-20-11-14-31-22(20)23(28)25-18-8-6-12-24-15-18/h3-4,6-9,11-12,14-15H,1-2,5,10,13,16H2,(H,25,28)(H,26,27). The Balaban J connectivity index is 1.53. The molecule has 162 valence electrons. The fraction of sp³-hybridized carbons (Fsp3) is 0.261. The molecule has 1 aromatic carbocycles. The Morgan fingerprint density at radius 1 is 1.00 bits per heavy atom. The van der Waals surface area contributed by atoms with Crippen molar-refractivity contribution < 1.29 is 24.2 Å². The van der Waals surface area contributed by atoms with Crippen molar-refractivity contribution in [1.29, 1.82) is 0 Å². The van der Waals surface area contributed by atoms with Crippen LogP contribution in [-0.4, -0.2) is 28.6 Å². The van der Waals surface area contributed by atoms with Gasteiger partial charge < -0.3 is 19.9 Å². The molecule has 7 nitrogen and oxygen atoms in total. The zero-order valence-corrected chi connectivity index (χ0v) is 17.8. The number of benzene rings is 1. The lowest BCUT2D eigenvalue weighted by molar-refractivity contribution is -0.137. The summed E-state index contributed by atoms with van der Waals surface area (Å²) in [5.41, 5.74) is 1.49. The normalized spacial score (nSPS) is 10.5. The molecular weight excluding hydrogens is 416 g/mol. The van der Waals surface area contributed by atoms with Crippen LogP contribution < -0.4 is 14.8 Å². The predicted molar refractivity (Wildman–Crippen MR) is 119 cm³/mol. The average Bonchev–Trinajstić information content (AvgIpc) is 3.25. The summed E-state index contributed by atoms with van der Waals surface area (Å²) in [7, 11) is 0. The van der Waals surface area contributed by atoms with Gasteiger partial charge >= 0.3 is 5.97 Å². The molecule has 3 rings (SSSR count). The molecule has 0 aliphatic carbocycles. The Morgan fingerprint density at radius 3 is 2.68 bits per heavy atom. The summed E-state index contributed by atoms with van der Waals surface area (Å²) in [6, 6.07) is 12.9. The first-order valence-corrected chi connectivity index (χ1v) is 10.9. The van der Waals surface area contributed by atoms with E-state index in [1.165, 1.54) is 11.3 Å². The Kier molecular flexibility index (Phi) is 8.42. The zero-order chi connectivity index (χ0) is 21.9. The average molecular weight is 441 g/mol. The molecule has 0 radical (unpaired) electrons. The van der Waals surface area contributed by atoms with Gasteiger partial charge in [0.15, 0.2) is 0 Å². The summed E-state index contributed by atoms with van der Waals surface area (Å²) < 4.78 is 11.8. The number of carboxylic acid groups (broad SMARTS) is 1. The van der Waals surface area contributed by atoms with Crippen LogP contribution in [0.15, 0.2) is 60.2 Å². The second-order valence-electron chi connectivity index (χ2n) is 6.76. The number of nitrogens with one attached hydrogen (secondary N) is 1. The van der Waals surface area contributed by atoms with Gasteiger partial charge in [-0.1, -0.05) is 18.2 Å². The first-order valence-electron chi connectivity index (χ1n) is 9.97. The number of thiophene rings is 1. The molecule has 0 unspecified atom stereocenters. The zero-order valence-electron chi connectivity index (χ0n) is 17.0. The highest BCUT2D eigenvalue weighted by atomic mass is 32.1. The van der Waals surface area contributed by atoms with E-state index >= 15 is 0 Å². The molecule has 0 aliphatic rings. The number of nitrogens with zero attached hydrogens (tertiary/aromatic N) is 1. The second kappa shape index (κ2) is 11.7. The number of aromatic nitrogens is 1. The highest BCUT2D eigenvalue weighted by Crippen LogP contribution is 2.28. The van der Waals surface area contributed by atoms with E-state index < -0.39 is 5.97 Å². The third-order valence-electron chi connectivity index (χ3n) is 4.40. The van der Waals surface area contributed by atoms with E-state index in [0.717, 1.165) is 24.2 Å². The number of aliphatic carboxylic acids is 1. The van der Waals surface area contributed by atoms with Crippen LogP contribution in [0.4, 0.5) is 5.69 Å². The minimum atomic E-state index is -0.773. The number of carboxylic acids is 1. The molecule has 0 atom stereocenters. The maximum absolute atomic E-state index is 12.6. The quantitative estimate of drug-likeness (QED) is 0.385. The lowest BCUT2D eigenvalue weighted by Gasteiger charge is -2.13. The molecule has 2 N–H and O–H groups in total. The summed E-state index contributed by atoms with van der Waals surface area (Å²) in [6.07, 6.45) is 5.64. The van der Waals surface area contributed by atoms with Gasteiger partial charge in [-0.25, -0.2) is 0 Å². The van der Waals surface area contributed by atoms with Gasteiger partial charge in [0.1, 0.15) is 23.0 Å². The van der Waals surface area contributed by atoms with Gasteiger partial charge in [0.2, 0.25) is 0 Å². The fourth-order valence-corrected chi connectivity index (χ4v) is 3.59. The number of rotatable bonds is 12. The first-order chi connectivity index (χ1) is 15.1. The molecule has 2 aromatic heterocycles. The molecule has 0 bridgehead atoms. The molecule has 1 amide bonds. The molecule has 3 aromatic rings. The number of unbranched alkanes of at least 4 members (excludes halogenated alkanes) is 2. The van der Waals surface area contributed by atoms with E-state index in [4.69, 9.17) is 14.6 Å². The highest BCUT2D eigenvalue weighted by Gasteiger charge is 2.15. The molecule has 0 saturated heterocycles. The SMILES string of the molecule is O=C(O)CCCCCOc1ccccc1COc1ccsc1C(=O)Nc1cccnc1. The Bertz CT molecular complexity index is 990. The topological polar surface area (TPSA) is 97.8 Å². The molecule has 0 spiro atoms. The molecule has 0 saturated carbocycles. The monoisotopic (exact) mass is 440 g/mol. The minimum absolute atomic E-state index is 0.182. The van der Waals surface area contributed by atoms with Crippen molar-refractivity contribution >= 4 is 28.9 Å². The van der Waals surface area contributed by atoms with E-state index in [-0.39, 0.29) is 18.9 Å². The maximum Gasteiger partial charge on any atom is 0.303 e. The maximum atomic E-state index is 12.6. The summed E-state index contributed by atoms with van der Waals surface area (Å²) >= 11 is 1.31. The van der Waals surface area contributed by atoms with Crippen LogP contribution in [0.3, 0.4) is 0 Å². The first kappa shape index (κ1) is 22.3. The summed E-state index contributed by atoms with van der Waals surface area (Å²) in [6.45, 7) is 0.771. The van der Waals surface area contributed by atoms with Crippen LogP contribution in [0.1, 0.15) is 40.9 Å². The van der Waals surface area contributed by atoms with Crippen molar-refractivity contribution in [1.82, 2.24) is 4.98 Å². The Morgan fingerprint density at radius 2 is 1.87 bits per heavy atom. The number of ether oxygens (including phenoxy) is 2. The Labute approximate surface area is 184 Å². The largest absolute Gasteiger partial charge is 0.493 e. The Hall–Kier alpha value is -3.39. The number of pyridine rings is 1. The van der Waals surface area contributed by atoms with Gasteiger partial charge in [-0.3, -0.25) is 14.6 Å². The van der Waals surface area contributed by atoms with Gasteiger partial charge in [-0.15, -0.1) is 11.3 Å². The molecular formula is C23H24N2O5S. The summed E-state index contributed by atoms with van der Waals surface area (Å²) in [5.74, 6) is 0.210. The number of carbonyl (C=O) groups excluding carboxylic acids is 1. The van der Waals surface area contributed by atoms with Gasteiger partial charge in [-0.05, 0) is 48.9 Å². The second-order valence-corrected chi connectivity index (χ2v) is 7.68. The summed E-state index contributed by atoms with van der Waals surface area (Å²) in [4.78, 5) is 27.6. The molecule has 8 heteroatoms. The van der Waals surface area contributed by atoms with Crippen molar-refractivity contribution in [2.45, 2.75) is 32.3 Å². The van der Waals surface area contributed by atoms with Crippen LogP contribution in [0.25, 0.3) is 0 Å². The van der Waals surface area contributed by atoms with Crippen molar-refractivity contribution in [3.05, 3.63) is 70.7 Å². The number of anilines is 1. The lowest BCUT2D eigenvalue weighted by Crippen LogP contribution is -2.12. The number of amides is 1. The predicted octanol–water partition coefficient (Wildman–Crippen LogP) is 5.00. The minimum Gasteiger partial charge on any atom is -0.493 e.